The molecule has 1 aromatic rings. The van der Waals surface area contributed by atoms with Gasteiger partial charge in [-0.3, -0.25) is 14.9 Å². The number of aliphatic carboxylic acids is 1. The van der Waals surface area contributed by atoms with Gasteiger partial charge in [-0.1, -0.05) is 13.8 Å². The van der Waals surface area contributed by atoms with Crippen molar-refractivity contribution in [2.24, 2.45) is 5.92 Å². The van der Waals surface area contributed by atoms with E-state index in [9.17, 15) is 24.4 Å². The molecule has 6 heteroatoms. The van der Waals surface area contributed by atoms with E-state index in [1.807, 2.05) is 13.8 Å². The van der Waals surface area contributed by atoms with Crippen molar-refractivity contribution in [1.82, 2.24) is 0 Å². The molecule has 1 unspecified atom stereocenters. The van der Waals surface area contributed by atoms with Crippen LogP contribution in [0.15, 0.2) is 12.1 Å². The minimum Gasteiger partial charge on any atom is -0.481 e. The lowest BCUT2D eigenvalue weighted by Crippen LogP contribution is -2.16. The van der Waals surface area contributed by atoms with Crippen molar-refractivity contribution >= 4 is 11.7 Å². The zero-order valence-electron chi connectivity index (χ0n) is 11.0. The molecule has 1 rings (SSSR count). The molecule has 5 nitrogen and oxygen atoms in total. The maximum absolute atomic E-state index is 13.4. The van der Waals surface area contributed by atoms with Crippen LogP contribution in [0.25, 0.3) is 0 Å². The molecule has 0 aromatic heterocycles. The Labute approximate surface area is 110 Å². The van der Waals surface area contributed by atoms with Crippen LogP contribution in [-0.2, 0) is 4.79 Å². The van der Waals surface area contributed by atoms with Gasteiger partial charge in [0.25, 0.3) is 5.69 Å². The molecule has 0 fully saturated rings. The van der Waals surface area contributed by atoms with Gasteiger partial charge >= 0.3 is 5.97 Å². The summed E-state index contributed by atoms with van der Waals surface area (Å²) in [4.78, 5) is 21.5. The van der Waals surface area contributed by atoms with E-state index in [0.717, 1.165) is 6.07 Å². The second-order valence-electron chi connectivity index (χ2n) is 4.94. The van der Waals surface area contributed by atoms with Crippen molar-refractivity contribution in [2.75, 3.05) is 0 Å². The van der Waals surface area contributed by atoms with Crippen molar-refractivity contribution in [3.63, 3.8) is 0 Å². The zero-order chi connectivity index (χ0) is 14.7. The van der Waals surface area contributed by atoms with E-state index >= 15 is 0 Å². The fourth-order valence-electron chi connectivity index (χ4n) is 1.96. The molecule has 0 aliphatic rings. The predicted molar refractivity (Wildman–Crippen MR) is 67.6 cm³/mol. The minimum atomic E-state index is -1.14. The summed E-state index contributed by atoms with van der Waals surface area (Å²) in [6.45, 7) is 5.12. The van der Waals surface area contributed by atoms with Crippen LogP contribution in [0.5, 0.6) is 0 Å². The highest BCUT2D eigenvalue weighted by Gasteiger charge is 2.29. The van der Waals surface area contributed by atoms with Gasteiger partial charge in [0.15, 0.2) is 0 Å². The summed E-state index contributed by atoms with van der Waals surface area (Å²) < 4.78 is 13.4. The number of rotatable bonds is 5. The molecule has 0 radical (unpaired) electrons. The monoisotopic (exact) mass is 269 g/mol. The van der Waals surface area contributed by atoms with Crippen LogP contribution in [0.1, 0.15) is 37.3 Å². The van der Waals surface area contributed by atoms with Gasteiger partial charge in [-0.15, -0.1) is 0 Å². The van der Waals surface area contributed by atoms with Gasteiger partial charge in [0.05, 0.1) is 16.9 Å². The van der Waals surface area contributed by atoms with E-state index in [1.165, 1.54) is 13.0 Å². The Kier molecular flexibility index (Phi) is 4.58. The maximum Gasteiger partial charge on any atom is 0.311 e. The Morgan fingerprint density at radius 2 is 2.05 bits per heavy atom. The van der Waals surface area contributed by atoms with Crippen LogP contribution in [0.4, 0.5) is 10.1 Å². The molecule has 0 spiro atoms. The fourth-order valence-corrected chi connectivity index (χ4v) is 1.96. The third kappa shape index (κ3) is 3.49. The summed E-state index contributed by atoms with van der Waals surface area (Å²) in [6, 6.07) is 2.05. The molecule has 1 N–H and O–H groups in total. The number of nitro benzene ring substituents is 1. The van der Waals surface area contributed by atoms with Crippen molar-refractivity contribution < 1.29 is 19.2 Å². The van der Waals surface area contributed by atoms with Crippen molar-refractivity contribution in [1.29, 1.82) is 0 Å². The van der Waals surface area contributed by atoms with E-state index < -0.39 is 28.3 Å². The Morgan fingerprint density at radius 1 is 1.47 bits per heavy atom. The largest absolute Gasteiger partial charge is 0.481 e. The van der Waals surface area contributed by atoms with E-state index in [1.54, 1.807) is 0 Å². The topological polar surface area (TPSA) is 80.4 Å². The van der Waals surface area contributed by atoms with Crippen LogP contribution < -0.4 is 0 Å². The number of carboxylic acids is 1. The quantitative estimate of drug-likeness (QED) is 0.657. The third-order valence-corrected chi connectivity index (χ3v) is 2.89. The first-order chi connectivity index (χ1) is 8.73. The molecular weight excluding hydrogens is 253 g/mol. The van der Waals surface area contributed by atoms with Gasteiger partial charge in [-0.25, -0.2) is 4.39 Å². The smallest absolute Gasteiger partial charge is 0.311 e. The summed E-state index contributed by atoms with van der Waals surface area (Å²) in [5.41, 5.74) is -0.211. The minimum absolute atomic E-state index is 0.0603. The van der Waals surface area contributed by atoms with Crippen molar-refractivity contribution in [2.45, 2.75) is 33.1 Å². The first-order valence-corrected chi connectivity index (χ1v) is 5.91. The second kappa shape index (κ2) is 5.77. The van der Waals surface area contributed by atoms with Crippen molar-refractivity contribution in [3.8, 4) is 0 Å². The highest BCUT2D eigenvalue weighted by Crippen LogP contribution is 2.33. The van der Waals surface area contributed by atoms with E-state index in [2.05, 4.69) is 0 Å². The summed E-state index contributed by atoms with van der Waals surface area (Å²) >= 11 is 0. The zero-order valence-corrected chi connectivity index (χ0v) is 11.0. The van der Waals surface area contributed by atoms with Gasteiger partial charge in [0.1, 0.15) is 5.82 Å². The number of nitrogens with zero attached hydrogens (tertiary/aromatic N) is 1. The van der Waals surface area contributed by atoms with Crippen LogP contribution >= 0.6 is 0 Å². The molecule has 1 aromatic carbocycles. The molecule has 19 heavy (non-hydrogen) atoms. The lowest BCUT2D eigenvalue weighted by molar-refractivity contribution is -0.385. The molecule has 0 aliphatic heterocycles. The molecule has 0 saturated heterocycles. The second-order valence-corrected chi connectivity index (χ2v) is 4.94. The first-order valence-electron chi connectivity index (χ1n) is 5.91. The van der Waals surface area contributed by atoms with Gasteiger partial charge in [0, 0.05) is 5.56 Å². The van der Waals surface area contributed by atoms with Crippen molar-refractivity contribution in [3.05, 3.63) is 39.2 Å². The lowest BCUT2D eigenvalue weighted by atomic mass is 9.88. The summed E-state index contributed by atoms with van der Waals surface area (Å²) in [6.07, 6.45) is 0.265. The van der Waals surface area contributed by atoms with Crippen LogP contribution in [-0.4, -0.2) is 16.0 Å². The van der Waals surface area contributed by atoms with Crippen LogP contribution in [0.2, 0.25) is 0 Å². The van der Waals surface area contributed by atoms with Gasteiger partial charge < -0.3 is 5.11 Å². The molecule has 1 atom stereocenters. The number of hydrogen-bond donors (Lipinski definition) is 1. The van der Waals surface area contributed by atoms with Crippen LogP contribution in [0.3, 0.4) is 0 Å². The normalized spacial score (nSPS) is 12.5. The summed E-state index contributed by atoms with van der Waals surface area (Å²) in [5.74, 6) is -2.78. The average molecular weight is 269 g/mol. The molecule has 0 bridgehead atoms. The highest BCUT2D eigenvalue weighted by atomic mass is 19.1. The van der Waals surface area contributed by atoms with E-state index in [0.29, 0.717) is 0 Å². The average Bonchev–Trinajstić information content (AvgIpc) is 2.28. The summed E-state index contributed by atoms with van der Waals surface area (Å²) in [7, 11) is 0. The fraction of sp³-hybridized carbons (Fsp3) is 0.462. The van der Waals surface area contributed by atoms with Crippen LogP contribution in [0, 0.1) is 28.8 Å². The Hall–Kier alpha value is -1.98. The molecular formula is C13H16FNO4. The Morgan fingerprint density at radius 3 is 2.47 bits per heavy atom. The number of halogens is 1. The van der Waals surface area contributed by atoms with E-state index in [-0.39, 0.29) is 23.5 Å². The number of benzene rings is 1. The number of carbonyl (C=O) groups is 1. The van der Waals surface area contributed by atoms with Gasteiger partial charge in [0.2, 0.25) is 0 Å². The SMILES string of the molecule is Cc1cc(C(CC(C)C)C(=O)O)c([N+](=O)[O-])cc1F. The third-order valence-electron chi connectivity index (χ3n) is 2.89. The number of nitro groups is 1. The van der Waals surface area contributed by atoms with E-state index in [4.69, 9.17) is 0 Å². The molecule has 0 amide bonds. The van der Waals surface area contributed by atoms with Gasteiger partial charge in [-0.2, -0.15) is 0 Å². The van der Waals surface area contributed by atoms with Gasteiger partial charge in [-0.05, 0) is 30.9 Å². The lowest BCUT2D eigenvalue weighted by Gasteiger charge is -2.16. The molecule has 0 saturated carbocycles. The Bertz CT molecular complexity index is 514. The molecule has 0 heterocycles. The standard InChI is InChI=1S/C13H16FNO4/c1-7(2)4-10(13(16)17)9-5-8(3)11(14)6-12(9)15(18)19/h5-7,10H,4H2,1-3H3,(H,16,17). The highest BCUT2D eigenvalue weighted by molar-refractivity contribution is 5.78. The Balaban J connectivity index is 3.40. The molecule has 0 aliphatic carbocycles. The predicted octanol–water partition coefficient (Wildman–Crippen LogP) is 3.26. The number of carboxylic acid groups (broad SMARTS) is 1. The maximum atomic E-state index is 13.4. The number of aryl methyl sites for hydroxylation is 1. The first kappa shape index (κ1) is 15.1. The number of hydrogen-bond acceptors (Lipinski definition) is 3. The molecule has 104 valence electrons. The summed E-state index contributed by atoms with van der Waals surface area (Å²) in [5, 5.41) is 20.2.